The maximum Gasteiger partial charge on any atom is 0.146 e. The molecule has 0 aromatic heterocycles. The summed E-state index contributed by atoms with van der Waals surface area (Å²) in [5.41, 5.74) is 7.21. The van der Waals surface area contributed by atoms with Gasteiger partial charge in [-0.05, 0) is 18.6 Å². The number of para-hydroxylation sites is 1. The molecule has 0 aliphatic rings. The third kappa shape index (κ3) is 3.17. The lowest BCUT2D eigenvalue weighted by atomic mass is 10.1. The maximum absolute atomic E-state index is 13.9. The SMILES string of the molecule is C=CCN(CC=C)c1c(F)cccc1C(C)N. The average molecular weight is 234 g/mol. The highest BCUT2D eigenvalue weighted by Crippen LogP contribution is 2.28. The quantitative estimate of drug-likeness (QED) is 0.767. The molecular weight excluding hydrogens is 215 g/mol. The molecule has 1 aromatic rings. The van der Waals surface area contributed by atoms with Crippen molar-refractivity contribution in [3.63, 3.8) is 0 Å². The molecule has 0 amide bonds. The molecule has 2 N–H and O–H groups in total. The Balaban J connectivity index is 3.23. The molecule has 0 heterocycles. The van der Waals surface area contributed by atoms with Crippen LogP contribution in [0.4, 0.5) is 10.1 Å². The normalized spacial score (nSPS) is 11.9. The van der Waals surface area contributed by atoms with Gasteiger partial charge in [0.1, 0.15) is 5.82 Å². The fourth-order valence-electron chi connectivity index (χ4n) is 1.80. The highest BCUT2D eigenvalue weighted by Gasteiger charge is 2.16. The minimum Gasteiger partial charge on any atom is -0.361 e. The van der Waals surface area contributed by atoms with E-state index in [-0.39, 0.29) is 11.9 Å². The lowest BCUT2D eigenvalue weighted by Gasteiger charge is -2.26. The van der Waals surface area contributed by atoms with E-state index in [1.807, 2.05) is 17.9 Å². The van der Waals surface area contributed by atoms with Crippen LogP contribution < -0.4 is 10.6 Å². The van der Waals surface area contributed by atoms with E-state index < -0.39 is 0 Å². The Hall–Kier alpha value is -1.61. The summed E-state index contributed by atoms with van der Waals surface area (Å²) in [5, 5.41) is 0. The highest BCUT2D eigenvalue weighted by molar-refractivity contribution is 5.57. The van der Waals surface area contributed by atoms with E-state index >= 15 is 0 Å². The van der Waals surface area contributed by atoms with Crippen molar-refractivity contribution in [3.05, 3.63) is 54.9 Å². The van der Waals surface area contributed by atoms with Gasteiger partial charge in [-0.3, -0.25) is 0 Å². The van der Waals surface area contributed by atoms with Crippen molar-refractivity contribution in [1.29, 1.82) is 0 Å². The molecule has 1 atom stereocenters. The van der Waals surface area contributed by atoms with Crippen LogP contribution in [0.3, 0.4) is 0 Å². The monoisotopic (exact) mass is 234 g/mol. The van der Waals surface area contributed by atoms with Gasteiger partial charge in [0, 0.05) is 19.1 Å². The maximum atomic E-state index is 13.9. The zero-order chi connectivity index (χ0) is 12.8. The van der Waals surface area contributed by atoms with E-state index in [2.05, 4.69) is 13.2 Å². The highest BCUT2D eigenvalue weighted by atomic mass is 19.1. The summed E-state index contributed by atoms with van der Waals surface area (Å²) in [6, 6.07) is 4.76. The summed E-state index contributed by atoms with van der Waals surface area (Å²) in [4.78, 5) is 1.87. The van der Waals surface area contributed by atoms with Crippen LogP contribution >= 0.6 is 0 Å². The van der Waals surface area contributed by atoms with Crippen molar-refractivity contribution in [2.45, 2.75) is 13.0 Å². The third-order valence-electron chi connectivity index (χ3n) is 2.52. The summed E-state index contributed by atoms with van der Waals surface area (Å²) in [7, 11) is 0. The Labute approximate surface area is 102 Å². The number of hydrogen-bond donors (Lipinski definition) is 1. The molecule has 0 radical (unpaired) electrons. The van der Waals surface area contributed by atoms with Crippen LogP contribution in [0, 0.1) is 5.82 Å². The second-order valence-corrected chi connectivity index (χ2v) is 3.95. The van der Waals surface area contributed by atoms with E-state index in [1.165, 1.54) is 6.07 Å². The fraction of sp³-hybridized carbons (Fsp3) is 0.286. The number of nitrogens with two attached hydrogens (primary N) is 1. The molecule has 2 nitrogen and oxygen atoms in total. The van der Waals surface area contributed by atoms with Gasteiger partial charge in [-0.15, -0.1) is 13.2 Å². The molecule has 0 saturated carbocycles. The van der Waals surface area contributed by atoms with Crippen LogP contribution in [0.25, 0.3) is 0 Å². The molecule has 17 heavy (non-hydrogen) atoms. The summed E-state index contributed by atoms with van der Waals surface area (Å²) >= 11 is 0. The van der Waals surface area contributed by atoms with Gasteiger partial charge in [-0.25, -0.2) is 4.39 Å². The summed E-state index contributed by atoms with van der Waals surface area (Å²) in [6.07, 6.45) is 3.47. The van der Waals surface area contributed by atoms with Crippen molar-refractivity contribution in [2.75, 3.05) is 18.0 Å². The molecule has 3 heteroatoms. The lowest BCUT2D eigenvalue weighted by molar-refractivity contribution is 0.616. The van der Waals surface area contributed by atoms with Gasteiger partial charge >= 0.3 is 0 Å². The molecule has 92 valence electrons. The number of rotatable bonds is 6. The standard InChI is InChI=1S/C14H19FN2/c1-4-9-17(10-5-2)14-12(11(3)16)7-6-8-13(14)15/h4-8,11H,1-2,9-10,16H2,3H3. The Morgan fingerprint density at radius 2 is 1.94 bits per heavy atom. The van der Waals surface area contributed by atoms with E-state index in [4.69, 9.17) is 5.73 Å². The van der Waals surface area contributed by atoms with Crippen LogP contribution in [0.15, 0.2) is 43.5 Å². The van der Waals surface area contributed by atoms with Crippen molar-refractivity contribution in [3.8, 4) is 0 Å². The first-order valence-electron chi connectivity index (χ1n) is 5.62. The number of hydrogen-bond acceptors (Lipinski definition) is 2. The van der Waals surface area contributed by atoms with Crippen molar-refractivity contribution in [2.24, 2.45) is 5.73 Å². The molecule has 0 spiro atoms. The van der Waals surface area contributed by atoms with Gasteiger partial charge < -0.3 is 10.6 Å². The van der Waals surface area contributed by atoms with Crippen molar-refractivity contribution >= 4 is 5.69 Å². The fourth-order valence-corrected chi connectivity index (χ4v) is 1.80. The van der Waals surface area contributed by atoms with Gasteiger partial charge in [-0.1, -0.05) is 24.3 Å². The lowest BCUT2D eigenvalue weighted by Crippen LogP contribution is -2.26. The summed E-state index contributed by atoms with van der Waals surface area (Å²) in [6.45, 7) is 10.3. The Morgan fingerprint density at radius 1 is 1.35 bits per heavy atom. The molecule has 1 unspecified atom stereocenters. The van der Waals surface area contributed by atoms with Gasteiger partial charge in [0.15, 0.2) is 0 Å². The smallest absolute Gasteiger partial charge is 0.146 e. The number of nitrogens with zero attached hydrogens (tertiary/aromatic N) is 1. The average Bonchev–Trinajstić information content (AvgIpc) is 2.28. The van der Waals surface area contributed by atoms with Gasteiger partial charge in [-0.2, -0.15) is 0 Å². The molecule has 0 aliphatic carbocycles. The molecule has 0 saturated heterocycles. The predicted molar refractivity (Wildman–Crippen MR) is 71.6 cm³/mol. The third-order valence-corrected chi connectivity index (χ3v) is 2.52. The minimum atomic E-state index is -0.261. The minimum absolute atomic E-state index is 0.210. The molecule has 1 aromatic carbocycles. The van der Waals surface area contributed by atoms with Crippen LogP contribution in [0.1, 0.15) is 18.5 Å². The van der Waals surface area contributed by atoms with Crippen molar-refractivity contribution in [1.82, 2.24) is 0 Å². The molecule has 1 rings (SSSR count). The van der Waals surface area contributed by atoms with Crippen LogP contribution in [-0.2, 0) is 0 Å². The molecule has 0 aliphatic heterocycles. The second kappa shape index (κ2) is 6.21. The molecular formula is C14H19FN2. The van der Waals surface area contributed by atoms with Gasteiger partial charge in [0.05, 0.1) is 5.69 Å². The van der Waals surface area contributed by atoms with Crippen LogP contribution in [0.5, 0.6) is 0 Å². The first-order chi connectivity index (χ1) is 8.11. The number of halogens is 1. The Morgan fingerprint density at radius 3 is 2.41 bits per heavy atom. The second-order valence-electron chi connectivity index (χ2n) is 3.95. The van der Waals surface area contributed by atoms with Crippen molar-refractivity contribution < 1.29 is 4.39 Å². The zero-order valence-corrected chi connectivity index (χ0v) is 10.2. The topological polar surface area (TPSA) is 29.3 Å². The summed E-state index contributed by atoms with van der Waals surface area (Å²) in [5.74, 6) is -0.261. The Bertz CT molecular complexity index is 389. The van der Waals surface area contributed by atoms with Gasteiger partial charge in [0.25, 0.3) is 0 Å². The van der Waals surface area contributed by atoms with E-state index in [9.17, 15) is 4.39 Å². The first-order valence-corrected chi connectivity index (χ1v) is 5.62. The van der Waals surface area contributed by atoms with E-state index in [0.717, 1.165) is 5.56 Å². The van der Waals surface area contributed by atoms with Crippen LogP contribution in [-0.4, -0.2) is 13.1 Å². The van der Waals surface area contributed by atoms with E-state index in [1.54, 1.807) is 18.2 Å². The molecule has 0 fully saturated rings. The first kappa shape index (κ1) is 13.5. The largest absolute Gasteiger partial charge is 0.361 e. The van der Waals surface area contributed by atoms with Gasteiger partial charge in [0.2, 0.25) is 0 Å². The predicted octanol–water partition coefficient (Wildman–Crippen LogP) is 3.02. The van der Waals surface area contributed by atoms with E-state index in [0.29, 0.717) is 18.8 Å². The molecule has 0 bridgehead atoms. The zero-order valence-electron chi connectivity index (χ0n) is 10.2. The summed E-state index contributed by atoms with van der Waals surface area (Å²) < 4.78 is 13.9. The Kier molecular flexibility index (Phi) is 4.91. The number of benzene rings is 1. The number of anilines is 1. The van der Waals surface area contributed by atoms with Crippen LogP contribution in [0.2, 0.25) is 0 Å².